The molecule has 1 saturated carbocycles. The van der Waals surface area contributed by atoms with Crippen LogP contribution < -0.4 is 5.32 Å². The van der Waals surface area contributed by atoms with Gasteiger partial charge in [-0.25, -0.2) is 0 Å². The third-order valence-electron chi connectivity index (χ3n) is 8.21. The number of aryl methyl sites for hydroxylation is 1. The summed E-state index contributed by atoms with van der Waals surface area (Å²) in [6.45, 7) is 3.66. The molecule has 2 aliphatic heterocycles. The van der Waals surface area contributed by atoms with Crippen molar-refractivity contribution in [3.05, 3.63) is 71.8 Å². The van der Waals surface area contributed by atoms with Gasteiger partial charge in [0.15, 0.2) is 0 Å². The zero-order valence-electron chi connectivity index (χ0n) is 20.3. The monoisotopic (exact) mass is 459 g/mol. The molecule has 2 aromatic rings. The number of hydrogen-bond acceptors (Lipinski definition) is 3. The number of piperidine rings is 1. The highest BCUT2D eigenvalue weighted by molar-refractivity contribution is 5.86. The van der Waals surface area contributed by atoms with Crippen LogP contribution in [0.4, 0.5) is 0 Å². The number of rotatable bonds is 7. The maximum atomic E-state index is 13.8. The number of nitrogens with one attached hydrogen (secondary N) is 1. The molecule has 2 unspecified atom stereocenters. The summed E-state index contributed by atoms with van der Waals surface area (Å²) in [6.07, 6.45) is 7.46. The Morgan fingerprint density at radius 2 is 1.62 bits per heavy atom. The van der Waals surface area contributed by atoms with Crippen LogP contribution in [0.15, 0.2) is 60.7 Å². The molecule has 1 spiro atoms. The summed E-state index contributed by atoms with van der Waals surface area (Å²) in [7, 11) is 0. The maximum Gasteiger partial charge on any atom is 0.241 e. The van der Waals surface area contributed by atoms with Crippen LogP contribution >= 0.6 is 0 Å². The Bertz CT molecular complexity index is 981. The zero-order chi connectivity index (χ0) is 23.5. The van der Waals surface area contributed by atoms with Gasteiger partial charge in [-0.15, -0.1) is 0 Å². The largest absolute Gasteiger partial charge is 0.342 e. The number of carbonyl (C=O) groups is 2. The average Bonchev–Trinajstić information content (AvgIpc) is 3.08. The van der Waals surface area contributed by atoms with Crippen LogP contribution in [-0.4, -0.2) is 52.5 Å². The van der Waals surface area contributed by atoms with Crippen LogP contribution in [0.25, 0.3) is 0 Å². The Hall–Kier alpha value is -2.66. The maximum absolute atomic E-state index is 13.8. The first-order chi connectivity index (χ1) is 16.6. The molecule has 180 valence electrons. The molecule has 2 aromatic carbocycles. The first-order valence-corrected chi connectivity index (χ1v) is 13.0. The van der Waals surface area contributed by atoms with Gasteiger partial charge in [0.1, 0.15) is 0 Å². The van der Waals surface area contributed by atoms with E-state index in [4.69, 9.17) is 0 Å². The van der Waals surface area contributed by atoms with Crippen LogP contribution in [0.2, 0.25) is 0 Å². The van der Waals surface area contributed by atoms with Crippen molar-refractivity contribution in [1.82, 2.24) is 15.1 Å². The molecular formula is C29H37N3O2. The summed E-state index contributed by atoms with van der Waals surface area (Å²) in [5.74, 6) is 0.775. The third kappa shape index (κ3) is 4.63. The molecule has 2 atom stereocenters. The Balaban J connectivity index is 1.32. The van der Waals surface area contributed by atoms with Crippen molar-refractivity contribution >= 4 is 11.8 Å². The van der Waals surface area contributed by atoms with Crippen molar-refractivity contribution in [3.8, 4) is 0 Å². The van der Waals surface area contributed by atoms with Crippen LogP contribution in [0.3, 0.4) is 0 Å². The van der Waals surface area contributed by atoms with E-state index in [-0.39, 0.29) is 29.6 Å². The normalized spacial score (nSPS) is 23.2. The lowest BCUT2D eigenvalue weighted by Crippen LogP contribution is -2.62. The summed E-state index contributed by atoms with van der Waals surface area (Å²) in [5.41, 5.74) is 2.13. The SMILES string of the molecule is CC(CCc1ccccc1)N1C(=O)C(Cc2ccccc2)NC12CCN(C(=O)C1CCC1)CC2. The predicted octanol–water partition coefficient (Wildman–Crippen LogP) is 4.17. The number of benzene rings is 2. The van der Waals surface area contributed by atoms with Gasteiger partial charge in [0.2, 0.25) is 11.8 Å². The van der Waals surface area contributed by atoms with Crippen LogP contribution in [0.1, 0.15) is 56.6 Å². The lowest BCUT2D eigenvalue weighted by atomic mass is 9.83. The molecule has 3 fully saturated rings. The van der Waals surface area contributed by atoms with E-state index in [0.717, 1.165) is 51.6 Å². The van der Waals surface area contributed by atoms with E-state index in [9.17, 15) is 9.59 Å². The van der Waals surface area contributed by atoms with E-state index in [2.05, 4.69) is 58.4 Å². The van der Waals surface area contributed by atoms with E-state index in [1.807, 2.05) is 24.3 Å². The van der Waals surface area contributed by atoms with Crippen molar-refractivity contribution in [2.24, 2.45) is 5.92 Å². The second kappa shape index (κ2) is 9.91. The minimum Gasteiger partial charge on any atom is -0.342 e. The van der Waals surface area contributed by atoms with Gasteiger partial charge < -0.3 is 9.80 Å². The Morgan fingerprint density at radius 3 is 2.21 bits per heavy atom. The van der Waals surface area contributed by atoms with Gasteiger partial charge in [-0.2, -0.15) is 0 Å². The Morgan fingerprint density at radius 1 is 1.00 bits per heavy atom. The third-order valence-corrected chi connectivity index (χ3v) is 8.21. The van der Waals surface area contributed by atoms with Crippen LogP contribution in [-0.2, 0) is 22.4 Å². The van der Waals surface area contributed by atoms with Crippen molar-refractivity contribution in [2.45, 2.75) is 76.0 Å². The van der Waals surface area contributed by atoms with Gasteiger partial charge in [-0.1, -0.05) is 67.1 Å². The molecule has 0 bridgehead atoms. The second-order valence-corrected chi connectivity index (χ2v) is 10.5. The number of amides is 2. The summed E-state index contributed by atoms with van der Waals surface area (Å²) >= 11 is 0. The van der Waals surface area contributed by atoms with E-state index < -0.39 is 0 Å². The smallest absolute Gasteiger partial charge is 0.241 e. The highest BCUT2D eigenvalue weighted by Gasteiger charge is 2.53. The highest BCUT2D eigenvalue weighted by atomic mass is 16.2. The molecule has 34 heavy (non-hydrogen) atoms. The molecule has 0 aromatic heterocycles. The Labute approximate surface area is 203 Å². The molecule has 2 heterocycles. The van der Waals surface area contributed by atoms with Gasteiger partial charge in [0.25, 0.3) is 0 Å². The molecule has 1 aliphatic carbocycles. The number of likely N-dealkylation sites (tertiary alicyclic amines) is 1. The van der Waals surface area contributed by atoms with E-state index in [1.54, 1.807) is 0 Å². The van der Waals surface area contributed by atoms with Crippen molar-refractivity contribution in [2.75, 3.05) is 13.1 Å². The fourth-order valence-corrected chi connectivity index (χ4v) is 6.01. The van der Waals surface area contributed by atoms with Gasteiger partial charge in [-0.05, 0) is 50.2 Å². The van der Waals surface area contributed by atoms with Crippen LogP contribution in [0.5, 0.6) is 0 Å². The molecule has 5 nitrogen and oxygen atoms in total. The minimum absolute atomic E-state index is 0.134. The second-order valence-electron chi connectivity index (χ2n) is 10.5. The summed E-state index contributed by atoms with van der Waals surface area (Å²) in [4.78, 5) is 30.9. The first-order valence-electron chi connectivity index (χ1n) is 13.0. The lowest BCUT2D eigenvalue weighted by molar-refractivity contribution is -0.143. The molecular weight excluding hydrogens is 422 g/mol. The van der Waals surface area contributed by atoms with Crippen molar-refractivity contribution < 1.29 is 9.59 Å². The van der Waals surface area contributed by atoms with Gasteiger partial charge in [0.05, 0.1) is 11.7 Å². The quantitative estimate of drug-likeness (QED) is 0.676. The van der Waals surface area contributed by atoms with E-state index >= 15 is 0 Å². The predicted molar refractivity (Wildman–Crippen MR) is 134 cm³/mol. The van der Waals surface area contributed by atoms with E-state index in [1.165, 1.54) is 17.5 Å². The lowest BCUT2D eigenvalue weighted by Gasteiger charge is -2.47. The fourth-order valence-electron chi connectivity index (χ4n) is 6.01. The van der Waals surface area contributed by atoms with Gasteiger partial charge >= 0.3 is 0 Å². The minimum atomic E-state index is -0.358. The van der Waals surface area contributed by atoms with Crippen molar-refractivity contribution in [3.63, 3.8) is 0 Å². The van der Waals surface area contributed by atoms with Crippen LogP contribution in [0, 0.1) is 5.92 Å². The summed E-state index contributed by atoms with van der Waals surface area (Å²) in [6, 6.07) is 20.7. The van der Waals surface area contributed by atoms with Gasteiger partial charge in [-0.3, -0.25) is 14.9 Å². The standard InChI is InChI=1S/C29H37N3O2/c1-22(15-16-23-9-4-2-5-10-23)32-28(34)26(21-24-11-6-3-7-12-24)30-29(32)17-19-31(20-18-29)27(33)25-13-8-14-25/h2-7,9-12,22,25-26,30H,8,13-21H2,1H3. The number of nitrogens with zero attached hydrogens (tertiary/aromatic N) is 2. The summed E-state index contributed by atoms with van der Waals surface area (Å²) < 4.78 is 0. The molecule has 5 rings (SSSR count). The summed E-state index contributed by atoms with van der Waals surface area (Å²) in [5, 5.41) is 3.79. The number of carbonyl (C=O) groups excluding carboxylic acids is 2. The highest BCUT2D eigenvalue weighted by Crippen LogP contribution is 2.37. The molecule has 2 amide bonds. The average molecular weight is 460 g/mol. The molecule has 0 radical (unpaired) electrons. The zero-order valence-corrected chi connectivity index (χ0v) is 20.3. The van der Waals surface area contributed by atoms with Gasteiger partial charge in [0, 0.05) is 37.9 Å². The first kappa shape index (κ1) is 23.1. The molecule has 2 saturated heterocycles. The number of hydrogen-bond donors (Lipinski definition) is 1. The molecule has 1 N–H and O–H groups in total. The Kier molecular flexibility index (Phi) is 6.73. The topological polar surface area (TPSA) is 52.7 Å². The van der Waals surface area contributed by atoms with E-state index in [0.29, 0.717) is 12.3 Å². The fraction of sp³-hybridized carbons (Fsp3) is 0.517. The van der Waals surface area contributed by atoms with Crippen molar-refractivity contribution in [1.29, 1.82) is 0 Å². The molecule has 3 aliphatic rings. The molecule has 5 heteroatoms.